The molecular weight excluding hydrogens is 933 g/mol. The van der Waals surface area contributed by atoms with Crippen LogP contribution in [0, 0.1) is 34.8 Å². The van der Waals surface area contributed by atoms with Crippen molar-refractivity contribution in [3.05, 3.63) is 208 Å². The van der Waals surface area contributed by atoms with Crippen LogP contribution in [0.5, 0.6) is 11.5 Å². The molecule has 2 N–H and O–H groups in total. The lowest BCUT2D eigenvalue weighted by Gasteiger charge is -2.60. The van der Waals surface area contributed by atoms with Gasteiger partial charge in [0.15, 0.2) is 0 Å². The molecule has 0 radical (unpaired) electrons. The van der Waals surface area contributed by atoms with Crippen molar-refractivity contribution in [3.8, 4) is 11.5 Å². The predicted octanol–water partition coefficient (Wildman–Crippen LogP) is 11.6. The van der Waals surface area contributed by atoms with Crippen LogP contribution < -0.4 is 9.47 Å². The second-order valence-corrected chi connectivity index (χ2v) is 19.4. The van der Waals surface area contributed by atoms with E-state index in [2.05, 4.69) is 41.9 Å². The quantitative estimate of drug-likeness (QED) is 0.0207. The highest BCUT2D eigenvalue weighted by Crippen LogP contribution is 2.62. The second-order valence-electron chi connectivity index (χ2n) is 19.4. The fourth-order valence-electron chi connectivity index (χ4n) is 11.3. The first kappa shape index (κ1) is 51.5. The number of unbranched alkanes of at least 4 members (excludes halogenated alkanes) is 2. The van der Waals surface area contributed by atoms with Gasteiger partial charge in [0.2, 0.25) is 11.7 Å². The number of aryl methyl sites for hydroxylation is 1. The zero-order chi connectivity index (χ0) is 51.4. The highest BCUT2D eigenvalue weighted by molar-refractivity contribution is 6.03. The van der Waals surface area contributed by atoms with Gasteiger partial charge in [-0.2, -0.15) is 0 Å². The molecule has 2 aliphatic carbocycles. The smallest absolute Gasteiger partial charge is 0.269 e. The van der Waals surface area contributed by atoms with Crippen LogP contribution in [0.2, 0.25) is 0 Å². The molecule has 6 aromatic rings. The number of nitro benzene ring substituents is 1. The van der Waals surface area contributed by atoms with E-state index in [0.717, 1.165) is 70.1 Å². The van der Waals surface area contributed by atoms with Gasteiger partial charge >= 0.3 is 0 Å². The first-order valence-electron chi connectivity index (χ1n) is 25.7. The third-order valence-electron chi connectivity index (χ3n) is 14.6. The number of oxime groups is 1. The number of ether oxygens (including phenoxy) is 3. The zero-order valence-corrected chi connectivity index (χ0v) is 41.8. The lowest BCUT2D eigenvalue weighted by Crippen LogP contribution is -2.70. The number of pyridine rings is 1. The molecule has 0 spiro atoms. The molecule has 1 aromatic heterocycles. The Balaban J connectivity index is 1.25. The Morgan fingerprint density at radius 3 is 2.43 bits per heavy atom. The van der Waals surface area contributed by atoms with Gasteiger partial charge in [-0.3, -0.25) is 19.9 Å². The van der Waals surface area contributed by atoms with Gasteiger partial charge in [0.05, 0.1) is 28.9 Å². The topological polar surface area (TPSA) is 166 Å². The number of aliphatic hydroxyl groups is 2. The Morgan fingerprint density at radius 2 is 1.66 bits per heavy atom. The van der Waals surface area contributed by atoms with Gasteiger partial charge in [-0.15, -0.1) is 6.58 Å². The van der Waals surface area contributed by atoms with Gasteiger partial charge in [-0.05, 0) is 126 Å². The number of carbonyl (C=O) groups is 1. The maximum Gasteiger partial charge on any atom is 0.269 e. The number of fused-ring (bicyclic) bond motifs is 3. The van der Waals surface area contributed by atoms with Crippen molar-refractivity contribution in [1.82, 2.24) is 9.88 Å². The van der Waals surface area contributed by atoms with E-state index in [0.29, 0.717) is 35.6 Å². The number of non-ortho nitro benzene ring substituents is 1. The largest absolute Gasteiger partial charge is 0.487 e. The molecule has 74 heavy (non-hydrogen) atoms. The summed E-state index contributed by atoms with van der Waals surface area (Å²) < 4.78 is 21.4. The van der Waals surface area contributed by atoms with Gasteiger partial charge in [-0.1, -0.05) is 109 Å². The van der Waals surface area contributed by atoms with E-state index in [1.165, 1.54) is 18.2 Å². The highest BCUT2D eigenvalue weighted by atomic mass is 16.7. The molecule has 3 aliphatic rings. The summed E-state index contributed by atoms with van der Waals surface area (Å²) in [5.41, 5.74) is 6.62. The Morgan fingerprint density at radius 1 is 0.905 bits per heavy atom. The van der Waals surface area contributed by atoms with Gasteiger partial charge in [0.25, 0.3) is 5.69 Å². The number of benzene rings is 5. The van der Waals surface area contributed by atoms with Crippen molar-refractivity contribution >= 4 is 34.2 Å². The van der Waals surface area contributed by atoms with E-state index in [1.807, 2.05) is 96.8 Å². The van der Waals surface area contributed by atoms with E-state index in [-0.39, 0.29) is 75.3 Å². The Labute approximate surface area is 432 Å². The van der Waals surface area contributed by atoms with Crippen molar-refractivity contribution in [3.63, 3.8) is 0 Å². The summed E-state index contributed by atoms with van der Waals surface area (Å²) in [6.45, 7) is 6.92. The van der Waals surface area contributed by atoms with E-state index < -0.39 is 22.7 Å². The molecule has 382 valence electrons. The second kappa shape index (κ2) is 24.1. The summed E-state index contributed by atoms with van der Waals surface area (Å²) in [6, 6.07) is 41.1. The number of carbonyl (C=O) groups excluding carboxylic acids is 1. The van der Waals surface area contributed by atoms with E-state index in [1.54, 1.807) is 24.3 Å². The number of hydrogen-bond acceptors (Lipinski definition) is 11. The first-order valence-corrected chi connectivity index (χ1v) is 25.7. The Kier molecular flexibility index (Phi) is 16.7. The maximum absolute atomic E-state index is 15.6. The number of rotatable bonds is 23. The molecule has 1 saturated carbocycles. The van der Waals surface area contributed by atoms with Crippen LogP contribution >= 0.6 is 0 Å². The molecule has 0 bridgehead atoms. The van der Waals surface area contributed by atoms with Crippen molar-refractivity contribution in [2.75, 3.05) is 19.8 Å². The summed E-state index contributed by atoms with van der Waals surface area (Å²) in [5, 5.41) is 38.8. The standard InChI is InChI=1S/C61H64N4O9/c1-3-35-72-61-57(64(39-47-21-14-20-45-18-7-8-23-51(45)47)58(68)32-27-43-25-28-49(29-26-43)65(69)70)38-55(63-73-40-44-16-5-4-6-17-44)53-36-46(19-9-11-33-66)52(24-10-12-34-67)59(60(53)61)54-37-50(30-31-56(54)74-61)71-41-48-22-13-15-42(2)62-48/h3-8,13-18,20-23,25-32,36-37,46,52,57,59-60,66-67H,1,9-12,19,24,33-35,38-41H2,2H3/t46-,52+,57-,59+,60+,61+/m0/s1. The van der Waals surface area contributed by atoms with E-state index in [4.69, 9.17) is 24.2 Å². The van der Waals surface area contributed by atoms with Gasteiger partial charge in [-0.25, -0.2) is 0 Å². The van der Waals surface area contributed by atoms with Gasteiger partial charge < -0.3 is 34.2 Å². The van der Waals surface area contributed by atoms with Crippen molar-refractivity contribution < 1.29 is 39.0 Å². The molecule has 0 saturated heterocycles. The zero-order valence-electron chi connectivity index (χ0n) is 41.8. The van der Waals surface area contributed by atoms with Crippen LogP contribution in [0.25, 0.3) is 16.8 Å². The van der Waals surface area contributed by atoms with Crippen LogP contribution in [0.3, 0.4) is 0 Å². The molecule has 13 heteroatoms. The molecule has 0 unspecified atom stereocenters. The summed E-state index contributed by atoms with van der Waals surface area (Å²) in [4.78, 5) is 39.5. The van der Waals surface area contributed by atoms with Gasteiger partial charge in [0.1, 0.15) is 30.8 Å². The molecule has 6 atom stereocenters. The minimum absolute atomic E-state index is 0.00785. The first-order chi connectivity index (χ1) is 36.2. The number of aromatic nitrogens is 1. The third kappa shape index (κ3) is 11.5. The van der Waals surface area contributed by atoms with Crippen molar-refractivity contribution in [2.24, 2.45) is 22.9 Å². The van der Waals surface area contributed by atoms with Crippen LogP contribution in [0.1, 0.15) is 84.5 Å². The molecule has 9 rings (SSSR count). The van der Waals surface area contributed by atoms with E-state index >= 15 is 4.79 Å². The average Bonchev–Trinajstić information content (AvgIpc) is 3.42. The summed E-state index contributed by atoms with van der Waals surface area (Å²) in [5.74, 6) is -1.45. The average molecular weight is 997 g/mol. The minimum Gasteiger partial charge on any atom is -0.487 e. The van der Waals surface area contributed by atoms with Crippen molar-refractivity contribution in [1.29, 1.82) is 0 Å². The molecular formula is C61H64N4O9. The lowest BCUT2D eigenvalue weighted by atomic mass is 9.55. The van der Waals surface area contributed by atoms with Gasteiger partial charge in [0, 0.05) is 61.6 Å². The molecule has 5 aromatic carbocycles. The molecule has 2 heterocycles. The summed E-state index contributed by atoms with van der Waals surface area (Å²) >= 11 is 0. The van der Waals surface area contributed by atoms with E-state index in [9.17, 15) is 20.3 Å². The Hall–Kier alpha value is -7.45. The van der Waals surface area contributed by atoms with Crippen LogP contribution in [-0.4, -0.2) is 68.3 Å². The number of aliphatic hydroxyl groups excluding tert-OH is 2. The molecule has 1 amide bonds. The highest BCUT2D eigenvalue weighted by Gasteiger charge is 2.65. The number of hydrogen-bond donors (Lipinski definition) is 2. The van der Waals surface area contributed by atoms with Crippen LogP contribution in [-0.2, 0) is 34.1 Å². The fourth-order valence-corrected chi connectivity index (χ4v) is 11.3. The third-order valence-corrected chi connectivity index (χ3v) is 14.6. The fraction of sp³-hybridized carbons (Fsp3) is 0.328. The van der Waals surface area contributed by atoms with Crippen LogP contribution in [0.4, 0.5) is 5.69 Å². The molecule has 1 fully saturated rings. The normalized spacial score (nSPS) is 21.3. The molecule has 1 aliphatic heterocycles. The number of amides is 1. The summed E-state index contributed by atoms with van der Waals surface area (Å²) in [6.07, 6.45) is 11.8. The monoisotopic (exact) mass is 996 g/mol. The SMILES string of the molecule is C=CCO[C@@]12Oc3ccc(OCc4cccc(C)n4)cc3[C@H]3[C@H](CCCCO)[C@@H](CCCCO)C=C(C(=NOCc4ccccc4)C[C@@H]1N(Cc1cccc4ccccc14)C(=O)C=Cc1ccc([N+](=O)[O-])cc1)[C@H]32. The number of allylic oxidation sites excluding steroid dienone is 1. The minimum atomic E-state index is -1.53. The lowest BCUT2D eigenvalue weighted by molar-refractivity contribution is -0.384. The number of nitrogens with zero attached hydrogens (tertiary/aromatic N) is 4. The summed E-state index contributed by atoms with van der Waals surface area (Å²) in [7, 11) is 0. The predicted molar refractivity (Wildman–Crippen MR) is 286 cm³/mol. The number of nitro groups is 1. The Bertz CT molecular complexity index is 3010. The maximum atomic E-state index is 15.6. The molecule has 13 nitrogen and oxygen atoms in total. The van der Waals surface area contributed by atoms with Crippen molar-refractivity contribution in [2.45, 2.75) is 89.4 Å². The van der Waals surface area contributed by atoms with Crippen LogP contribution in [0.15, 0.2) is 169 Å².